The molecule has 0 aliphatic carbocycles. The molecule has 0 unspecified atom stereocenters. The molecule has 0 atom stereocenters. The third-order valence-corrected chi connectivity index (χ3v) is 5.81. The first-order valence-corrected chi connectivity index (χ1v) is 10.7. The summed E-state index contributed by atoms with van der Waals surface area (Å²) in [6.45, 7) is 7.18. The molecule has 0 bridgehead atoms. The van der Waals surface area contributed by atoms with Crippen molar-refractivity contribution < 1.29 is 14.8 Å². The lowest BCUT2D eigenvalue weighted by Gasteiger charge is -2.45. The molecule has 1 N–H and O–H groups in total. The first-order valence-electron chi connectivity index (χ1n) is 10.7. The van der Waals surface area contributed by atoms with Gasteiger partial charge in [-0.2, -0.15) is 0 Å². The van der Waals surface area contributed by atoms with Crippen molar-refractivity contribution in [3.8, 4) is 0 Å². The zero-order valence-corrected chi connectivity index (χ0v) is 19.7. The number of non-ortho nitro benzene ring substituents is 1. The molecule has 3 aromatic carbocycles. The summed E-state index contributed by atoms with van der Waals surface area (Å²) < 4.78 is 0. The second-order valence-corrected chi connectivity index (χ2v) is 8.97. The monoisotopic (exact) mass is 479 g/mol. The normalized spacial score (nSPS) is 11.7. The van der Waals surface area contributed by atoms with Crippen LogP contribution in [0.2, 0.25) is 0 Å². The Labute approximate surface area is 201 Å². The zero-order valence-electron chi connectivity index (χ0n) is 19.7. The summed E-state index contributed by atoms with van der Waals surface area (Å²) in [5, 5.41) is 36.9. The van der Waals surface area contributed by atoms with Crippen LogP contribution in [0, 0.1) is 30.3 Å². The maximum Gasteiger partial charge on any atom is 0.307 e. The van der Waals surface area contributed by atoms with Crippen molar-refractivity contribution in [3.63, 3.8) is 0 Å². The van der Waals surface area contributed by atoms with Crippen LogP contribution in [0.25, 0.3) is 0 Å². The van der Waals surface area contributed by atoms with Gasteiger partial charge in [0.15, 0.2) is 0 Å². The SMILES string of the molecule is CC(C)(NN(c1c([N+](=O)[O-])cc([N+](=O)[O-])cc1[N+](=O)[O-])C(C)(C)c1ccccc1)c1ccccc1. The molecule has 35 heavy (non-hydrogen) atoms. The molecule has 182 valence electrons. The highest BCUT2D eigenvalue weighted by Gasteiger charge is 2.43. The first kappa shape index (κ1) is 25.2. The van der Waals surface area contributed by atoms with Crippen molar-refractivity contribution in [1.82, 2.24) is 5.43 Å². The van der Waals surface area contributed by atoms with Gasteiger partial charge >= 0.3 is 11.4 Å². The van der Waals surface area contributed by atoms with E-state index in [2.05, 4.69) is 5.43 Å². The van der Waals surface area contributed by atoms with Crippen molar-refractivity contribution in [2.75, 3.05) is 5.01 Å². The van der Waals surface area contributed by atoms with E-state index in [1.807, 2.05) is 50.2 Å². The number of rotatable bonds is 9. The number of hydrazine groups is 1. The van der Waals surface area contributed by atoms with Gasteiger partial charge in [-0.1, -0.05) is 60.7 Å². The molecule has 0 amide bonds. The summed E-state index contributed by atoms with van der Waals surface area (Å²) in [6, 6.07) is 19.7. The highest BCUT2D eigenvalue weighted by atomic mass is 16.6. The highest BCUT2D eigenvalue weighted by molar-refractivity contribution is 5.79. The van der Waals surface area contributed by atoms with E-state index < -0.39 is 42.9 Å². The van der Waals surface area contributed by atoms with Gasteiger partial charge in [0.05, 0.1) is 38.0 Å². The minimum atomic E-state index is -1.07. The number of benzene rings is 3. The molecule has 0 spiro atoms. The molecule has 0 heterocycles. The number of nitro groups is 3. The van der Waals surface area contributed by atoms with Crippen LogP contribution < -0.4 is 10.4 Å². The smallest absolute Gasteiger partial charge is 0.285 e. The largest absolute Gasteiger partial charge is 0.307 e. The summed E-state index contributed by atoms with van der Waals surface area (Å²) in [7, 11) is 0. The predicted molar refractivity (Wildman–Crippen MR) is 131 cm³/mol. The van der Waals surface area contributed by atoms with Crippen LogP contribution in [0.1, 0.15) is 38.8 Å². The number of nitrogens with one attached hydrogen (secondary N) is 1. The minimum Gasteiger partial charge on any atom is -0.285 e. The average molecular weight is 479 g/mol. The Bertz CT molecular complexity index is 1230. The molecule has 11 heteroatoms. The molecule has 0 aromatic heterocycles. The van der Waals surface area contributed by atoms with Gasteiger partial charge in [0.1, 0.15) is 0 Å². The summed E-state index contributed by atoms with van der Waals surface area (Å²) in [5.74, 6) is 0. The van der Waals surface area contributed by atoms with E-state index in [-0.39, 0.29) is 5.69 Å². The summed E-state index contributed by atoms with van der Waals surface area (Å²) in [4.78, 5) is 33.0. The lowest BCUT2D eigenvalue weighted by molar-refractivity contribution is -0.402. The van der Waals surface area contributed by atoms with Crippen molar-refractivity contribution in [3.05, 3.63) is 114 Å². The van der Waals surface area contributed by atoms with Gasteiger partial charge < -0.3 is 0 Å². The number of anilines is 1. The molecule has 0 aliphatic heterocycles. The van der Waals surface area contributed by atoms with E-state index in [1.54, 1.807) is 38.1 Å². The Morgan fingerprint density at radius 1 is 0.686 bits per heavy atom. The average Bonchev–Trinajstić information content (AvgIpc) is 2.82. The third kappa shape index (κ3) is 5.09. The van der Waals surface area contributed by atoms with E-state index >= 15 is 0 Å². The molecule has 3 rings (SSSR count). The Kier molecular flexibility index (Phi) is 6.83. The van der Waals surface area contributed by atoms with Gasteiger partial charge in [-0.05, 0) is 38.8 Å². The predicted octanol–water partition coefficient (Wildman–Crippen LogP) is 5.59. The molecule has 0 radical (unpaired) electrons. The topological polar surface area (TPSA) is 145 Å². The maximum absolute atomic E-state index is 12.1. The van der Waals surface area contributed by atoms with Crippen LogP contribution in [0.4, 0.5) is 22.7 Å². The third-order valence-electron chi connectivity index (χ3n) is 5.81. The van der Waals surface area contributed by atoms with Crippen LogP contribution in [-0.4, -0.2) is 14.8 Å². The number of nitro benzene ring substituents is 3. The van der Waals surface area contributed by atoms with E-state index in [0.717, 1.165) is 17.7 Å². The number of hydrogen-bond donors (Lipinski definition) is 1. The summed E-state index contributed by atoms with van der Waals surface area (Å²) in [6.07, 6.45) is 0. The number of nitrogens with zero attached hydrogens (tertiary/aromatic N) is 4. The van der Waals surface area contributed by atoms with Gasteiger partial charge in [0.2, 0.25) is 5.69 Å². The second-order valence-electron chi connectivity index (χ2n) is 8.97. The van der Waals surface area contributed by atoms with Crippen LogP contribution in [0.5, 0.6) is 0 Å². The van der Waals surface area contributed by atoms with Crippen molar-refractivity contribution in [1.29, 1.82) is 0 Å². The second kappa shape index (κ2) is 9.47. The van der Waals surface area contributed by atoms with Gasteiger partial charge in [-0.3, -0.25) is 35.4 Å². The van der Waals surface area contributed by atoms with Crippen LogP contribution in [0.15, 0.2) is 72.8 Å². The maximum atomic E-state index is 12.1. The first-order chi connectivity index (χ1) is 16.4. The van der Waals surface area contributed by atoms with Crippen molar-refractivity contribution >= 4 is 22.7 Å². The lowest BCUT2D eigenvalue weighted by atomic mass is 9.91. The molecule has 0 saturated heterocycles. The van der Waals surface area contributed by atoms with Crippen LogP contribution in [0.3, 0.4) is 0 Å². The Balaban J connectivity index is 2.36. The molecule has 0 saturated carbocycles. The van der Waals surface area contributed by atoms with Crippen molar-refractivity contribution in [2.45, 2.75) is 38.8 Å². The quantitative estimate of drug-likeness (QED) is 0.309. The Hall–Kier alpha value is -4.38. The van der Waals surface area contributed by atoms with E-state index in [4.69, 9.17) is 0 Å². The molecule has 0 aliphatic rings. The van der Waals surface area contributed by atoms with E-state index in [1.165, 1.54) is 5.01 Å². The standard InChI is InChI=1S/C24H25N5O6/c1-23(2,17-11-7-5-8-12-17)25-26(24(3,4)18-13-9-6-10-14-18)22-20(28(32)33)15-19(27(30)31)16-21(22)29(34)35/h5-16,25H,1-4H3. The van der Waals surface area contributed by atoms with Gasteiger partial charge in [-0.15, -0.1) is 0 Å². The van der Waals surface area contributed by atoms with E-state index in [0.29, 0.717) is 5.56 Å². The highest BCUT2D eigenvalue weighted by Crippen LogP contribution is 2.45. The fourth-order valence-electron chi connectivity index (χ4n) is 3.85. The van der Waals surface area contributed by atoms with Gasteiger partial charge in [0, 0.05) is 0 Å². The molecule has 11 nitrogen and oxygen atoms in total. The lowest BCUT2D eigenvalue weighted by Crippen LogP contribution is -2.57. The summed E-state index contributed by atoms with van der Waals surface area (Å²) >= 11 is 0. The minimum absolute atomic E-state index is 0.386. The Morgan fingerprint density at radius 3 is 1.51 bits per heavy atom. The fourth-order valence-corrected chi connectivity index (χ4v) is 3.85. The Morgan fingerprint density at radius 2 is 1.11 bits per heavy atom. The molecular weight excluding hydrogens is 454 g/mol. The van der Waals surface area contributed by atoms with Gasteiger partial charge in [-0.25, -0.2) is 5.43 Å². The number of hydrogen-bond acceptors (Lipinski definition) is 8. The van der Waals surface area contributed by atoms with Gasteiger partial charge in [0.25, 0.3) is 5.69 Å². The summed E-state index contributed by atoms with van der Waals surface area (Å²) in [5.41, 5.74) is 0.219. The van der Waals surface area contributed by atoms with Crippen LogP contribution in [-0.2, 0) is 11.1 Å². The zero-order chi connectivity index (χ0) is 26.0. The van der Waals surface area contributed by atoms with Crippen LogP contribution >= 0.6 is 0 Å². The fraction of sp³-hybridized carbons (Fsp3) is 0.250. The van der Waals surface area contributed by atoms with Crippen molar-refractivity contribution in [2.24, 2.45) is 0 Å². The van der Waals surface area contributed by atoms with E-state index in [9.17, 15) is 30.3 Å². The molecular formula is C24H25N5O6. The molecule has 0 fully saturated rings. The molecule has 3 aromatic rings.